The van der Waals surface area contributed by atoms with Crippen molar-refractivity contribution in [2.45, 2.75) is 19.9 Å². The number of halogens is 1. The summed E-state index contributed by atoms with van der Waals surface area (Å²) in [5.74, 6) is 1.20. The summed E-state index contributed by atoms with van der Waals surface area (Å²) in [5, 5.41) is 4.00. The first kappa shape index (κ1) is 14.3. The van der Waals surface area contributed by atoms with Gasteiger partial charge in [0.05, 0.1) is 7.11 Å². The highest BCUT2D eigenvalue weighted by atomic mass is 35.5. The second kappa shape index (κ2) is 6.24. The number of aryl methyl sites for hydroxylation is 1. The fraction of sp³-hybridized carbons (Fsp3) is 0.538. The summed E-state index contributed by atoms with van der Waals surface area (Å²) in [6, 6.07) is 4.00. The van der Waals surface area contributed by atoms with Gasteiger partial charge in [-0.2, -0.15) is 0 Å². The van der Waals surface area contributed by atoms with E-state index in [1.165, 1.54) is 0 Å². The van der Waals surface area contributed by atoms with Crippen molar-refractivity contribution in [2.75, 3.05) is 20.7 Å². The van der Waals surface area contributed by atoms with Crippen LogP contribution in [0.4, 0.5) is 0 Å². The molecule has 0 fully saturated rings. The van der Waals surface area contributed by atoms with Crippen molar-refractivity contribution < 1.29 is 4.74 Å². The topological polar surface area (TPSA) is 47.3 Å². The van der Waals surface area contributed by atoms with Gasteiger partial charge < -0.3 is 15.8 Å². The molecule has 2 unspecified atom stereocenters. The van der Waals surface area contributed by atoms with Gasteiger partial charge >= 0.3 is 0 Å². The molecule has 0 aromatic heterocycles. The van der Waals surface area contributed by atoms with E-state index in [9.17, 15) is 0 Å². The Balaban J connectivity index is 3.26. The summed E-state index contributed by atoms with van der Waals surface area (Å²) in [5.41, 5.74) is 7.85. The van der Waals surface area contributed by atoms with Crippen molar-refractivity contribution in [3.63, 3.8) is 0 Å². The molecular formula is C13H21ClN2O. The highest BCUT2D eigenvalue weighted by Gasteiger charge is 2.21. The van der Waals surface area contributed by atoms with E-state index >= 15 is 0 Å². The molecule has 0 saturated carbocycles. The normalized spacial score (nSPS) is 14.5. The van der Waals surface area contributed by atoms with E-state index < -0.39 is 0 Å². The molecule has 0 aliphatic heterocycles. The van der Waals surface area contributed by atoms with Crippen molar-refractivity contribution in [3.8, 4) is 5.75 Å². The average Bonchev–Trinajstić information content (AvgIpc) is 2.29. The van der Waals surface area contributed by atoms with Gasteiger partial charge in [0.2, 0.25) is 0 Å². The lowest BCUT2D eigenvalue weighted by molar-refractivity contribution is 0.372. The van der Waals surface area contributed by atoms with E-state index in [1.807, 2.05) is 26.1 Å². The molecule has 2 atom stereocenters. The third kappa shape index (κ3) is 3.12. The van der Waals surface area contributed by atoms with Crippen LogP contribution in [0.15, 0.2) is 12.1 Å². The van der Waals surface area contributed by atoms with Gasteiger partial charge in [-0.05, 0) is 44.1 Å². The highest BCUT2D eigenvalue weighted by molar-refractivity contribution is 6.30. The van der Waals surface area contributed by atoms with Gasteiger partial charge in [-0.15, -0.1) is 0 Å². The summed E-state index contributed by atoms with van der Waals surface area (Å²) in [7, 11) is 3.60. The molecule has 0 radical (unpaired) electrons. The number of benzene rings is 1. The van der Waals surface area contributed by atoms with Crippen LogP contribution in [-0.4, -0.2) is 20.7 Å². The molecule has 0 saturated heterocycles. The Hall–Kier alpha value is -0.770. The number of ether oxygens (including phenoxy) is 1. The Bertz CT molecular complexity index is 382. The van der Waals surface area contributed by atoms with Gasteiger partial charge in [0.15, 0.2) is 0 Å². The second-order valence-electron chi connectivity index (χ2n) is 4.32. The van der Waals surface area contributed by atoms with Crippen LogP contribution in [0.5, 0.6) is 5.75 Å². The number of nitrogens with one attached hydrogen (secondary N) is 1. The maximum atomic E-state index is 6.11. The zero-order valence-electron chi connectivity index (χ0n) is 10.9. The van der Waals surface area contributed by atoms with Crippen molar-refractivity contribution in [3.05, 3.63) is 28.3 Å². The van der Waals surface area contributed by atoms with Gasteiger partial charge in [0.1, 0.15) is 5.75 Å². The van der Waals surface area contributed by atoms with E-state index in [0.29, 0.717) is 12.5 Å². The molecule has 4 heteroatoms. The van der Waals surface area contributed by atoms with Crippen LogP contribution < -0.4 is 15.8 Å². The summed E-state index contributed by atoms with van der Waals surface area (Å²) in [6.07, 6.45) is 0. The molecule has 1 aromatic rings. The first-order chi connectivity index (χ1) is 8.04. The Morgan fingerprint density at radius 3 is 2.59 bits per heavy atom. The van der Waals surface area contributed by atoms with Gasteiger partial charge in [-0.3, -0.25) is 0 Å². The number of nitrogens with two attached hydrogens (primary N) is 1. The summed E-state index contributed by atoms with van der Waals surface area (Å²) < 4.78 is 5.47. The lowest BCUT2D eigenvalue weighted by atomic mass is 9.92. The number of methoxy groups -OCH3 is 1. The van der Waals surface area contributed by atoms with Crippen LogP contribution >= 0.6 is 11.6 Å². The Morgan fingerprint density at radius 2 is 2.12 bits per heavy atom. The van der Waals surface area contributed by atoms with E-state index in [0.717, 1.165) is 21.9 Å². The van der Waals surface area contributed by atoms with Gasteiger partial charge in [0.25, 0.3) is 0 Å². The van der Waals surface area contributed by atoms with E-state index in [4.69, 9.17) is 22.1 Å². The molecule has 0 aliphatic rings. The quantitative estimate of drug-likeness (QED) is 0.851. The molecule has 0 bridgehead atoms. The van der Waals surface area contributed by atoms with Crippen LogP contribution in [0.3, 0.4) is 0 Å². The van der Waals surface area contributed by atoms with Gasteiger partial charge in [-0.1, -0.05) is 18.5 Å². The lowest BCUT2D eigenvalue weighted by Gasteiger charge is -2.25. The zero-order chi connectivity index (χ0) is 13.0. The van der Waals surface area contributed by atoms with Crippen LogP contribution in [0, 0.1) is 12.8 Å². The number of hydrogen-bond acceptors (Lipinski definition) is 3. The predicted octanol–water partition coefficient (Wildman–Crippen LogP) is 2.51. The van der Waals surface area contributed by atoms with E-state index in [1.54, 1.807) is 7.11 Å². The third-order valence-electron chi connectivity index (χ3n) is 3.06. The number of rotatable bonds is 5. The monoisotopic (exact) mass is 256 g/mol. The lowest BCUT2D eigenvalue weighted by Crippen LogP contribution is -2.29. The van der Waals surface area contributed by atoms with Crippen LogP contribution in [0.2, 0.25) is 5.02 Å². The molecule has 1 rings (SSSR count). The maximum Gasteiger partial charge on any atom is 0.126 e. The minimum atomic E-state index is 0.146. The van der Waals surface area contributed by atoms with Crippen molar-refractivity contribution in [1.82, 2.24) is 5.32 Å². The highest BCUT2D eigenvalue weighted by Crippen LogP contribution is 2.34. The van der Waals surface area contributed by atoms with Crippen molar-refractivity contribution >= 4 is 11.6 Å². The van der Waals surface area contributed by atoms with Crippen LogP contribution in [-0.2, 0) is 0 Å². The molecule has 0 spiro atoms. The Kier molecular flexibility index (Phi) is 5.25. The molecule has 1 aromatic carbocycles. The predicted molar refractivity (Wildman–Crippen MR) is 72.8 cm³/mol. The van der Waals surface area contributed by atoms with Crippen molar-refractivity contribution in [1.29, 1.82) is 0 Å². The molecular weight excluding hydrogens is 236 g/mol. The molecule has 96 valence electrons. The minimum Gasteiger partial charge on any atom is -0.496 e. The fourth-order valence-corrected chi connectivity index (χ4v) is 2.43. The molecule has 3 nitrogen and oxygen atoms in total. The largest absolute Gasteiger partial charge is 0.496 e. The van der Waals surface area contributed by atoms with Crippen LogP contribution in [0.1, 0.15) is 24.1 Å². The third-order valence-corrected chi connectivity index (χ3v) is 3.28. The fourth-order valence-electron chi connectivity index (χ4n) is 2.15. The Morgan fingerprint density at radius 1 is 1.47 bits per heavy atom. The van der Waals surface area contributed by atoms with Crippen molar-refractivity contribution in [2.24, 2.45) is 11.7 Å². The first-order valence-corrected chi connectivity index (χ1v) is 6.14. The van der Waals surface area contributed by atoms with Gasteiger partial charge in [-0.25, -0.2) is 0 Å². The van der Waals surface area contributed by atoms with E-state index in [-0.39, 0.29) is 6.04 Å². The second-order valence-corrected chi connectivity index (χ2v) is 4.76. The zero-order valence-corrected chi connectivity index (χ0v) is 11.6. The molecule has 0 heterocycles. The smallest absolute Gasteiger partial charge is 0.126 e. The maximum absolute atomic E-state index is 6.11. The molecule has 17 heavy (non-hydrogen) atoms. The SMILES string of the molecule is CNC(c1cc(Cl)cc(C)c1OC)C(C)CN. The molecule has 0 amide bonds. The number of hydrogen-bond donors (Lipinski definition) is 2. The standard InChI is InChI=1S/C13H21ClN2O/c1-8-5-10(14)6-11(13(8)17-4)12(16-3)9(2)7-15/h5-6,9,12,16H,7,15H2,1-4H3. The summed E-state index contributed by atoms with van der Waals surface area (Å²) in [4.78, 5) is 0. The van der Waals surface area contributed by atoms with E-state index in [2.05, 4.69) is 12.2 Å². The molecule has 3 N–H and O–H groups in total. The summed E-state index contributed by atoms with van der Waals surface area (Å²) in [6.45, 7) is 4.71. The van der Waals surface area contributed by atoms with Crippen LogP contribution in [0.25, 0.3) is 0 Å². The molecule has 0 aliphatic carbocycles. The average molecular weight is 257 g/mol. The Labute approximate surface area is 108 Å². The van der Waals surface area contributed by atoms with Gasteiger partial charge in [0, 0.05) is 16.6 Å². The first-order valence-electron chi connectivity index (χ1n) is 5.76. The summed E-state index contributed by atoms with van der Waals surface area (Å²) >= 11 is 6.11. The minimum absolute atomic E-state index is 0.146.